The number of nitrogens with zero attached hydrogens (tertiary/aromatic N) is 7. The third kappa shape index (κ3) is 10.4. The summed E-state index contributed by atoms with van der Waals surface area (Å²) in [7, 11) is 3.36. The number of rotatable bonds is 15. The second kappa shape index (κ2) is 20.5. The number of likely N-dealkylation sites (N-methyl/N-ethyl adjacent to an activating group) is 1. The quantitative estimate of drug-likeness (QED) is 0.100. The van der Waals surface area contributed by atoms with Gasteiger partial charge >= 0.3 is 0 Å². The Kier molecular flexibility index (Phi) is 14.4. The number of carbonyl (C=O) groups excluding carboxylic acids is 3. The van der Waals surface area contributed by atoms with E-state index in [0.29, 0.717) is 52.3 Å². The third-order valence-corrected chi connectivity index (χ3v) is 13.8. The molecule has 4 aromatic rings. The number of piperidine rings is 1. The molecule has 64 heavy (non-hydrogen) atoms. The predicted molar refractivity (Wildman–Crippen MR) is 248 cm³/mol. The molecular formula is C48H61ClN10O5. The lowest BCUT2D eigenvalue weighted by Crippen LogP contribution is -2.55. The fraction of sp³-hybridized carbons (Fsp3) is 0.521. The summed E-state index contributed by atoms with van der Waals surface area (Å²) in [6.07, 6.45) is 13.0. The second-order valence-electron chi connectivity index (χ2n) is 17.7. The van der Waals surface area contributed by atoms with E-state index in [1.54, 1.807) is 49.5 Å². The summed E-state index contributed by atoms with van der Waals surface area (Å²) in [5.74, 6) is 2.44. The zero-order valence-electron chi connectivity index (χ0n) is 37.4. The van der Waals surface area contributed by atoms with Gasteiger partial charge < -0.3 is 40.1 Å². The number of halogens is 1. The van der Waals surface area contributed by atoms with Gasteiger partial charge in [0.1, 0.15) is 23.2 Å². The molecule has 0 radical (unpaired) electrons. The van der Waals surface area contributed by atoms with Crippen molar-refractivity contribution in [2.75, 3.05) is 55.5 Å². The number of fused-ring (bicyclic) bond motifs is 1. The maximum absolute atomic E-state index is 13.3. The van der Waals surface area contributed by atoms with E-state index in [0.717, 1.165) is 113 Å². The van der Waals surface area contributed by atoms with Crippen LogP contribution in [0.4, 0.5) is 23.1 Å². The summed E-state index contributed by atoms with van der Waals surface area (Å²) in [5.41, 5.74) is 4.12. The maximum Gasteiger partial charge on any atom is 0.272 e. The summed E-state index contributed by atoms with van der Waals surface area (Å²) in [5, 5.41) is 19.0. The van der Waals surface area contributed by atoms with E-state index in [1.165, 1.54) is 0 Å². The first-order valence-electron chi connectivity index (χ1n) is 23.0. The number of carbonyl (C=O) groups is 3. The Morgan fingerprint density at radius 1 is 0.922 bits per heavy atom. The van der Waals surface area contributed by atoms with E-state index < -0.39 is 0 Å². The van der Waals surface area contributed by atoms with Crippen LogP contribution in [0.2, 0.25) is 5.02 Å². The van der Waals surface area contributed by atoms with Crippen LogP contribution in [-0.2, 0) is 4.79 Å². The number of hydrogen-bond acceptors (Lipinski definition) is 12. The molecule has 1 saturated heterocycles. The summed E-state index contributed by atoms with van der Waals surface area (Å²) in [6, 6.07) is 14.9. The third-order valence-electron chi connectivity index (χ3n) is 13.4. The minimum Gasteiger partial charge on any atom is -0.495 e. The van der Waals surface area contributed by atoms with Crippen molar-refractivity contribution in [1.29, 1.82) is 0 Å². The van der Waals surface area contributed by atoms with Crippen molar-refractivity contribution in [1.82, 2.24) is 35.7 Å². The van der Waals surface area contributed by atoms with Gasteiger partial charge in [-0.3, -0.25) is 14.4 Å². The highest BCUT2D eigenvalue weighted by molar-refractivity contribution is 6.31. The van der Waals surface area contributed by atoms with E-state index in [-0.39, 0.29) is 47.9 Å². The molecule has 2 aromatic heterocycles. The van der Waals surface area contributed by atoms with Gasteiger partial charge in [-0.2, -0.15) is 10.1 Å². The molecular weight excluding hydrogens is 832 g/mol. The van der Waals surface area contributed by atoms with Gasteiger partial charge in [0, 0.05) is 42.2 Å². The Labute approximate surface area is 381 Å². The second-order valence-corrected chi connectivity index (χ2v) is 18.1. The lowest BCUT2D eigenvalue weighted by molar-refractivity contribution is -0.120. The van der Waals surface area contributed by atoms with Gasteiger partial charge in [-0.05, 0) is 139 Å². The highest BCUT2D eigenvalue weighted by atomic mass is 35.5. The van der Waals surface area contributed by atoms with Crippen LogP contribution in [0.1, 0.15) is 122 Å². The monoisotopic (exact) mass is 892 g/mol. The average Bonchev–Trinajstić information content (AvgIpc) is 3.86. The molecule has 2 aliphatic heterocycles. The average molecular weight is 894 g/mol. The molecule has 0 spiro atoms. The molecule has 16 heteroatoms. The van der Waals surface area contributed by atoms with Crippen LogP contribution in [0.3, 0.4) is 0 Å². The van der Waals surface area contributed by atoms with Crippen LogP contribution >= 0.6 is 11.6 Å². The Hall–Kier alpha value is -5.54. The molecule has 15 nitrogen and oxygen atoms in total. The molecule has 8 rings (SSSR count). The molecule has 2 aliphatic carbocycles. The molecule has 1 atom stereocenters. The number of aromatic nitrogens is 4. The van der Waals surface area contributed by atoms with Gasteiger partial charge in [0.25, 0.3) is 11.8 Å². The van der Waals surface area contributed by atoms with Crippen LogP contribution in [-0.4, -0.2) is 107 Å². The molecule has 340 valence electrons. The molecule has 3 fully saturated rings. The Morgan fingerprint density at radius 3 is 2.41 bits per heavy atom. The van der Waals surface area contributed by atoms with E-state index in [9.17, 15) is 14.4 Å². The van der Waals surface area contributed by atoms with E-state index in [4.69, 9.17) is 26.1 Å². The van der Waals surface area contributed by atoms with Gasteiger partial charge in [0.15, 0.2) is 11.5 Å². The van der Waals surface area contributed by atoms with Gasteiger partial charge in [0.2, 0.25) is 11.9 Å². The smallest absolute Gasteiger partial charge is 0.272 e. The SMILES string of the molecule is CC[C@H]1C(=O)N(C)c2cnc(Nc3ccc(C(=O)NCCCN4CCC(c5ccc(C(=O)NC6CCC(Oc7ccc(C)c(Cl)c7)CC6)nn5)CC4)cc3OC)nc2N1C1CCCC1. The van der Waals surface area contributed by atoms with Crippen molar-refractivity contribution in [2.24, 2.45) is 0 Å². The lowest BCUT2D eigenvalue weighted by Gasteiger charge is -2.43. The van der Waals surface area contributed by atoms with Gasteiger partial charge in [0.05, 0.1) is 30.8 Å². The number of hydrogen-bond donors (Lipinski definition) is 3. The highest BCUT2D eigenvalue weighted by Gasteiger charge is 2.41. The Morgan fingerprint density at radius 2 is 1.70 bits per heavy atom. The maximum atomic E-state index is 13.3. The zero-order valence-corrected chi connectivity index (χ0v) is 38.2. The van der Waals surface area contributed by atoms with Crippen LogP contribution in [0.25, 0.3) is 0 Å². The summed E-state index contributed by atoms with van der Waals surface area (Å²) < 4.78 is 11.9. The number of amides is 3. The van der Waals surface area contributed by atoms with E-state index in [2.05, 4.69) is 40.9 Å². The Balaban J connectivity index is 0.755. The minimum atomic E-state index is -0.258. The lowest BCUT2D eigenvalue weighted by atomic mass is 9.92. The summed E-state index contributed by atoms with van der Waals surface area (Å²) in [4.78, 5) is 55.3. The topological polar surface area (TPSA) is 167 Å². The zero-order chi connectivity index (χ0) is 44.7. The summed E-state index contributed by atoms with van der Waals surface area (Å²) in [6.45, 7) is 7.30. The summed E-state index contributed by atoms with van der Waals surface area (Å²) >= 11 is 6.26. The molecule has 2 saturated carbocycles. The van der Waals surface area contributed by atoms with E-state index in [1.807, 2.05) is 38.1 Å². The molecule has 3 amide bonds. The number of aryl methyl sites for hydroxylation is 1. The van der Waals surface area contributed by atoms with Gasteiger partial charge in [-0.15, -0.1) is 5.10 Å². The van der Waals surface area contributed by atoms with Crippen molar-refractivity contribution in [3.8, 4) is 11.5 Å². The normalized spacial score (nSPS) is 20.8. The predicted octanol–water partition coefficient (Wildman–Crippen LogP) is 7.60. The Bertz CT molecular complexity index is 2280. The molecule has 4 aliphatic rings. The number of nitrogens with one attached hydrogen (secondary N) is 3. The van der Waals surface area contributed by atoms with Crippen LogP contribution in [0, 0.1) is 6.92 Å². The number of methoxy groups -OCH3 is 1. The molecule has 0 unspecified atom stereocenters. The van der Waals surface area contributed by atoms with Crippen molar-refractivity contribution >= 4 is 52.5 Å². The number of ether oxygens (including phenoxy) is 2. The van der Waals surface area contributed by atoms with Gasteiger partial charge in [-0.1, -0.05) is 37.4 Å². The fourth-order valence-electron chi connectivity index (χ4n) is 9.66. The van der Waals surface area contributed by atoms with Crippen molar-refractivity contribution in [2.45, 2.75) is 121 Å². The number of benzene rings is 2. The van der Waals surface area contributed by atoms with Gasteiger partial charge in [-0.25, -0.2) is 4.98 Å². The largest absolute Gasteiger partial charge is 0.495 e. The van der Waals surface area contributed by atoms with Crippen LogP contribution in [0.5, 0.6) is 11.5 Å². The van der Waals surface area contributed by atoms with Crippen molar-refractivity contribution in [3.05, 3.63) is 82.3 Å². The van der Waals surface area contributed by atoms with Crippen molar-refractivity contribution in [3.63, 3.8) is 0 Å². The number of anilines is 4. The first kappa shape index (κ1) is 45.0. The van der Waals surface area contributed by atoms with Crippen LogP contribution < -0.4 is 35.2 Å². The first-order valence-corrected chi connectivity index (χ1v) is 23.4. The van der Waals surface area contributed by atoms with Crippen LogP contribution in [0.15, 0.2) is 54.7 Å². The highest BCUT2D eigenvalue weighted by Crippen LogP contribution is 2.40. The standard InChI is InChI=1S/C48H61ClN10O5/c1-5-41-47(62)57(3)42-29-51-48(54-44(42)59(41)34-9-6-7-10-34)53-39-18-12-32(27-43(39)63-4)45(60)50-23-8-24-58-25-21-31(22-26-58)38-19-20-40(56-55-38)46(61)52-33-13-16-35(17-14-33)64-36-15-11-30(2)37(49)28-36/h11-12,15,18-20,27-29,31,33-35,41H,5-10,13-14,16-17,21-26H2,1-4H3,(H,50,60)(H,52,61)(H,51,53,54)/t33?,35?,41-/m0/s1. The molecule has 4 heterocycles. The molecule has 2 aromatic carbocycles. The molecule has 0 bridgehead atoms. The van der Waals surface area contributed by atoms with E-state index >= 15 is 0 Å². The van der Waals surface area contributed by atoms with Crippen molar-refractivity contribution < 1.29 is 23.9 Å². The number of likely N-dealkylation sites (tertiary alicyclic amines) is 1. The first-order chi connectivity index (χ1) is 31.1. The fourth-order valence-corrected chi connectivity index (χ4v) is 9.83. The molecule has 3 N–H and O–H groups in total. The minimum absolute atomic E-state index is 0.0723.